The summed E-state index contributed by atoms with van der Waals surface area (Å²) in [5, 5.41) is 22.8. The highest BCUT2D eigenvalue weighted by atomic mass is 32.2. The van der Waals surface area contributed by atoms with E-state index in [-0.39, 0.29) is 17.3 Å². The second-order valence-electron chi connectivity index (χ2n) is 6.34. The number of methoxy groups -OCH3 is 1. The third kappa shape index (κ3) is 4.60. The minimum Gasteiger partial charge on any atom is -0.496 e. The van der Waals surface area contributed by atoms with E-state index in [1.54, 1.807) is 14.0 Å². The van der Waals surface area contributed by atoms with Crippen molar-refractivity contribution in [2.75, 3.05) is 18.2 Å². The van der Waals surface area contributed by atoms with Gasteiger partial charge in [-0.2, -0.15) is 0 Å². The molecule has 3 aromatic rings. The summed E-state index contributed by atoms with van der Waals surface area (Å²) < 4.78 is 7.34. The quantitative estimate of drug-likeness (QED) is 0.329. The summed E-state index contributed by atoms with van der Waals surface area (Å²) in [5.41, 5.74) is 1.97. The highest BCUT2D eigenvalue weighted by molar-refractivity contribution is 7.99. The van der Waals surface area contributed by atoms with Gasteiger partial charge in [0.15, 0.2) is 11.0 Å². The predicted molar refractivity (Wildman–Crippen MR) is 115 cm³/mol. The molecule has 0 saturated heterocycles. The number of nitrogens with zero attached hydrogens (tertiary/aromatic N) is 4. The van der Waals surface area contributed by atoms with E-state index < -0.39 is 4.92 Å². The van der Waals surface area contributed by atoms with Crippen molar-refractivity contribution in [2.45, 2.75) is 25.5 Å². The van der Waals surface area contributed by atoms with E-state index in [1.165, 1.54) is 30.0 Å². The van der Waals surface area contributed by atoms with Crippen LogP contribution in [-0.4, -0.2) is 38.5 Å². The second kappa shape index (κ2) is 9.40. The number of ether oxygens (including phenoxy) is 1. The summed E-state index contributed by atoms with van der Waals surface area (Å²) in [6, 6.07) is 11.9. The standard InChI is InChI=1S/C20H21N5O4S/c1-4-24-19(15-7-5-6-8-17(15)29-3)22-23-20(24)30-12-18(26)21-16-10-9-14(25(27)28)11-13(16)2/h5-11H,4,12H2,1-3H3,(H,21,26). The number of nitro groups is 1. The molecule has 0 bridgehead atoms. The predicted octanol–water partition coefficient (Wildman–Crippen LogP) is 3.92. The van der Waals surface area contributed by atoms with Crippen molar-refractivity contribution >= 4 is 29.0 Å². The molecule has 1 N–H and O–H groups in total. The lowest BCUT2D eigenvalue weighted by Crippen LogP contribution is -2.15. The molecule has 10 heteroatoms. The molecule has 156 valence electrons. The number of aryl methyl sites for hydroxylation is 1. The van der Waals surface area contributed by atoms with Gasteiger partial charge < -0.3 is 14.6 Å². The summed E-state index contributed by atoms with van der Waals surface area (Å²) in [6.07, 6.45) is 0. The van der Waals surface area contributed by atoms with Crippen LogP contribution < -0.4 is 10.1 Å². The Balaban J connectivity index is 1.71. The zero-order valence-electron chi connectivity index (χ0n) is 16.8. The first kappa shape index (κ1) is 21.3. The minimum absolute atomic E-state index is 0.0141. The molecular weight excluding hydrogens is 406 g/mol. The summed E-state index contributed by atoms with van der Waals surface area (Å²) in [7, 11) is 1.60. The van der Waals surface area contributed by atoms with Gasteiger partial charge in [-0.1, -0.05) is 23.9 Å². The summed E-state index contributed by atoms with van der Waals surface area (Å²) >= 11 is 1.27. The smallest absolute Gasteiger partial charge is 0.269 e. The second-order valence-corrected chi connectivity index (χ2v) is 7.29. The highest BCUT2D eigenvalue weighted by Crippen LogP contribution is 2.31. The number of carbonyl (C=O) groups is 1. The van der Waals surface area contributed by atoms with E-state index in [9.17, 15) is 14.9 Å². The molecule has 3 rings (SSSR count). The third-order valence-corrected chi connectivity index (χ3v) is 5.37. The van der Waals surface area contributed by atoms with Crippen molar-refractivity contribution in [1.29, 1.82) is 0 Å². The van der Waals surface area contributed by atoms with Crippen LogP contribution in [-0.2, 0) is 11.3 Å². The molecule has 9 nitrogen and oxygen atoms in total. The van der Waals surface area contributed by atoms with E-state index in [1.807, 2.05) is 35.8 Å². The maximum atomic E-state index is 12.4. The normalized spacial score (nSPS) is 10.6. The van der Waals surface area contributed by atoms with Gasteiger partial charge in [-0.3, -0.25) is 14.9 Å². The van der Waals surface area contributed by atoms with E-state index in [4.69, 9.17) is 4.74 Å². The van der Waals surface area contributed by atoms with Crippen molar-refractivity contribution < 1.29 is 14.5 Å². The van der Waals surface area contributed by atoms with Gasteiger partial charge >= 0.3 is 0 Å². The Kier molecular flexibility index (Phi) is 6.68. The number of non-ortho nitro benzene ring substituents is 1. The number of amides is 1. The first-order valence-electron chi connectivity index (χ1n) is 9.18. The maximum Gasteiger partial charge on any atom is 0.269 e. The van der Waals surface area contributed by atoms with Crippen molar-refractivity contribution in [3.8, 4) is 17.1 Å². The molecule has 0 radical (unpaired) electrons. The van der Waals surface area contributed by atoms with E-state index in [0.29, 0.717) is 34.5 Å². The number of aromatic nitrogens is 3. The van der Waals surface area contributed by atoms with Gasteiger partial charge in [0.25, 0.3) is 5.69 Å². The van der Waals surface area contributed by atoms with Gasteiger partial charge in [-0.05, 0) is 37.6 Å². The van der Waals surface area contributed by atoms with E-state index >= 15 is 0 Å². The molecule has 0 saturated carbocycles. The Hall–Kier alpha value is -3.40. The fourth-order valence-corrected chi connectivity index (χ4v) is 3.73. The van der Waals surface area contributed by atoms with Gasteiger partial charge in [0.05, 0.1) is 23.3 Å². The van der Waals surface area contributed by atoms with Crippen LogP contribution in [0.25, 0.3) is 11.4 Å². The highest BCUT2D eigenvalue weighted by Gasteiger charge is 2.18. The first-order chi connectivity index (χ1) is 14.4. The molecule has 1 aromatic heterocycles. The van der Waals surface area contributed by atoms with Crippen LogP contribution in [0.5, 0.6) is 5.75 Å². The third-order valence-electron chi connectivity index (χ3n) is 4.41. The monoisotopic (exact) mass is 427 g/mol. The number of nitrogens with one attached hydrogen (secondary N) is 1. The Morgan fingerprint density at radius 2 is 2.03 bits per heavy atom. The molecule has 1 heterocycles. The Bertz CT molecular complexity index is 1080. The molecule has 0 spiro atoms. The first-order valence-corrected chi connectivity index (χ1v) is 10.2. The maximum absolute atomic E-state index is 12.4. The number of para-hydroxylation sites is 1. The lowest BCUT2D eigenvalue weighted by molar-refractivity contribution is -0.384. The minimum atomic E-state index is -0.467. The molecule has 0 unspecified atom stereocenters. The molecule has 30 heavy (non-hydrogen) atoms. The molecule has 0 fully saturated rings. The van der Waals surface area contributed by atoms with Crippen LogP contribution in [0.4, 0.5) is 11.4 Å². The molecular formula is C20H21N5O4S. The Labute approximate surface area is 177 Å². The van der Waals surface area contributed by atoms with Crippen molar-refractivity contribution in [2.24, 2.45) is 0 Å². The van der Waals surface area contributed by atoms with Crippen LogP contribution in [0.3, 0.4) is 0 Å². The number of nitro benzene ring substituents is 1. The van der Waals surface area contributed by atoms with Gasteiger partial charge in [0, 0.05) is 24.4 Å². The fourth-order valence-electron chi connectivity index (χ4n) is 2.93. The molecule has 1 amide bonds. The van der Waals surface area contributed by atoms with E-state index in [2.05, 4.69) is 15.5 Å². The average Bonchev–Trinajstić information content (AvgIpc) is 3.16. The fraction of sp³-hybridized carbons (Fsp3) is 0.250. The molecule has 0 aliphatic carbocycles. The molecule has 0 aliphatic heterocycles. The SMILES string of the molecule is CCn1c(SCC(=O)Nc2ccc([N+](=O)[O-])cc2C)nnc1-c1ccccc1OC. The zero-order valence-corrected chi connectivity index (χ0v) is 17.6. The number of carbonyl (C=O) groups excluding carboxylic acids is 1. The largest absolute Gasteiger partial charge is 0.496 e. The van der Waals surface area contributed by atoms with Crippen LogP contribution in [0.1, 0.15) is 12.5 Å². The van der Waals surface area contributed by atoms with Gasteiger partial charge in [-0.15, -0.1) is 10.2 Å². The molecule has 0 atom stereocenters. The van der Waals surface area contributed by atoms with Gasteiger partial charge in [0.1, 0.15) is 5.75 Å². The molecule has 0 aliphatic rings. The number of thioether (sulfide) groups is 1. The number of benzene rings is 2. The Morgan fingerprint density at radius 1 is 1.27 bits per heavy atom. The topological polar surface area (TPSA) is 112 Å². The van der Waals surface area contributed by atoms with Crippen LogP contribution >= 0.6 is 11.8 Å². The van der Waals surface area contributed by atoms with Crippen molar-refractivity contribution in [3.63, 3.8) is 0 Å². The summed E-state index contributed by atoms with van der Waals surface area (Å²) in [5.74, 6) is 1.26. The van der Waals surface area contributed by atoms with Crippen molar-refractivity contribution in [1.82, 2.24) is 14.8 Å². The zero-order chi connectivity index (χ0) is 21.7. The summed E-state index contributed by atoms with van der Waals surface area (Å²) in [6.45, 7) is 4.32. The number of hydrogen-bond acceptors (Lipinski definition) is 7. The number of hydrogen-bond donors (Lipinski definition) is 1. The average molecular weight is 427 g/mol. The lowest BCUT2D eigenvalue weighted by Gasteiger charge is -2.11. The Morgan fingerprint density at radius 3 is 2.70 bits per heavy atom. The number of rotatable bonds is 8. The molecule has 2 aromatic carbocycles. The lowest BCUT2D eigenvalue weighted by atomic mass is 10.2. The van der Waals surface area contributed by atoms with Gasteiger partial charge in [-0.25, -0.2) is 0 Å². The van der Waals surface area contributed by atoms with Gasteiger partial charge in [0.2, 0.25) is 5.91 Å². The summed E-state index contributed by atoms with van der Waals surface area (Å²) in [4.78, 5) is 22.8. The van der Waals surface area contributed by atoms with Crippen LogP contribution in [0, 0.1) is 17.0 Å². The van der Waals surface area contributed by atoms with Crippen LogP contribution in [0.2, 0.25) is 0 Å². The van der Waals surface area contributed by atoms with E-state index in [0.717, 1.165) is 5.56 Å². The van der Waals surface area contributed by atoms with Crippen LogP contribution in [0.15, 0.2) is 47.6 Å². The van der Waals surface area contributed by atoms with Crippen molar-refractivity contribution in [3.05, 3.63) is 58.1 Å². The number of anilines is 1.